The number of carbonyl (C=O) groups is 2. The van der Waals surface area contributed by atoms with E-state index in [9.17, 15) is 35.9 Å². The van der Waals surface area contributed by atoms with Crippen LogP contribution in [0.3, 0.4) is 0 Å². The van der Waals surface area contributed by atoms with Crippen molar-refractivity contribution in [1.29, 1.82) is 0 Å². The topological polar surface area (TPSA) is 79.3 Å². The smallest absolute Gasteiger partial charge is 0.434 e. The van der Waals surface area contributed by atoms with Gasteiger partial charge in [0.1, 0.15) is 5.75 Å². The van der Waals surface area contributed by atoms with Gasteiger partial charge >= 0.3 is 24.4 Å². The number of carboxylic acids is 1. The zero-order chi connectivity index (χ0) is 23.4. The average molecular weight is 458 g/mol. The van der Waals surface area contributed by atoms with Gasteiger partial charge in [0.25, 0.3) is 6.10 Å². The number of ether oxygens (including phenoxy) is 2. The first kappa shape index (κ1) is 24.6. The standard InChI is InChI=1S/C18H20F6N2O5/c1-11-2-3-12(13(8-11)30-10-14(27)28)9-25-4-6-26(7-5-25)16(29)31-15(17(19,20)21)18(22,23)24/h2-3,8,15H,4-7,9-10H2,1H3,(H,27,28). The molecule has 0 radical (unpaired) electrons. The third kappa shape index (κ3) is 7.19. The third-order valence-corrected chi connectivity index (χ3v) is 4.41. The minimum atomic E-state index is -5.77. The highest BCUT2D eigenvalue weighted by atomic mass is 19.4. The Labute approximate surface area is 173 Å². The second-order valence-electron chi connectivity index (χ2n) is 6.90. The number of benzene rings is 1. The zero-order valence-corrected chi connectivity index (χ0v) is 16.3. The number of aliphatic carboxylic acids is 1. The summed E-state index contributed by atoms with van der Waals surface area (Å²) in [5.41, 5.74) is 1.48. The molecular formula is C18H20F6N2O5. The maximum Gasteiger partial charge on any atom is 0.434 e. The number of aryl methyl sites for hydroxylation is 1. The monoisotopic (exact) mass is 458 g/mol. The van der Waals surface area contributed by atoms with Gasteiger partial charge in [0.2, 0.25) is 0 Å². The molecule has 0 spiro atoms. The van der Waals surface area contributed by atoms with Crippen LogP contribution in [0, 0.1) is 6.92 Å². The molecule has 1 heterocycles. The van der Waals surface area contributed by atoms with Crippen molar-refractivity contribution in [2.75, 3.05) is 32.8 Å². The van der Waals surface area contributed by atoms with E-state index in [-0.39, 0.29) is 32.7 Å². The Hall–Kier alpha value is -2.70. The number of halogens is 6. The molecular weight excluding hydrogens is 438 g/mol. The largest absolute Gasteiger partial charge is 0.482 e. The molecule has 1 fully saturated rings. The minimum absolute atomic E-state index is 0.140. The lowest BCUT2D eigenvalue weighted by Crippen LogP contribution is -2.52. The highest BCUT2D eigenvalue weighted by Crippen LogP contribution is 2.36. The molecule has 0 aliphatic carbocycles. The van der Waals surface area contributed by atoms with Gasteiger partial charge in [-0.15, -0.1) is 0 Å². The van der Waals surface area contributed by atoms with E-state index >= 15 is 0 Å². The fourth-order valence-corrected chi connectivity index (χ4v) is 2.89. The molecule has 1 N–H and O–H groups in total. The Kier molecular flexibility index (Phi) is 7.63. The van der Waals surface area contributed by atoms with Gasteiger partial charge in [-0.05, 0) is 18.6 Å². The Bertz CT molecular complexity index is 777. The number of piperazine rings is 1. The third-order valence-electron chi connectivity index (χ3n) is 4.41. The first-order chi connectivity index (χ1) is 14.3. The molecule has 0 bridgehead atoms. The van der Waals surface area contributed by atoms with E-state index in [1.54, 1.807) is 30.0 Å². The Balaban J connectivity index is 1.96. The predicted octanol–water partition coefficient (Wildman–Crippen LogP) is 3.21. The van der Waals surface area contributed by atoms with Gasteiger partial charge in [-0.1, -0.05) is 12.1 Å². The molecule has 1 aromatic carbocycles. The number of carboxylic acid groups (broad SMARTS) is 1. The van der Waals surface area contributed by atoms with Gasteiger partial charge in [-0.2, -0.15) is 26.3 Å². The fraction of sp³-hybridized carbons (Fsp3) is 0.556. The molecule has 1 aromatic rings. The van der Waals surface area contributed by atoms with Crippen LogP contribution in [-0.2, 0) is 16.1 Å². The van der Waals surface area contributed by atoms with Crippen molar-refractivity contribution in [3.63, 3.8) is 0 Å². The number of amides is 1. The van der Waals surface area contributed by atoms with Crippen LogP contribution in [0.15, 0.2) is 18.2 Å². The van der Waals surface area contributed by atoms with Crippen LogP contribution in [0.4, 0.5) is 31.1 Å². The molecule has 0 unspecified atom stereocenters. The van der Waals surface area contributed by atoms with E-state index in [0.29, 0.717) is 11.3 Å². The Morgan fingerprint density at radius 1 is 1.06 bits per heavy atom. The highest BCUT2D eigenvalue weighted by molar-refractivity contribution is 5.68. The van der Waals surface area contributed by atoms with Crippen LogP contribution < -0.4 is 4.74 Å². The van der Waals surface area contributed by atoms with Crippen molar-refractivity contribution in [2.24, 2.45) is 0 Å². The summed E-state index contributed by atoms with van der Waals surface area (Å²) >= 11 is 0. The number of carbonyl (C=O) groups excluding carboxylic acids is 1. The van der Waals surface area contributed by atoms with Crippen molar-refractivity contribution in [3.8, 4) is 5.75 Å². The Morgan fingerprint density at radius 3 is 2.16 bits per heavy atom. The van der Waals surface area contributed by atoms with Crippen LogP contribution >= 0.6 is 0 Å². The van der Waals surface area contributed by atoms with Crippen LogP contribution in [0.25, 0.3) is 0 Å². The molecule has 1 aliphatic heterocycles. The first-order valence-corrected chi connectivity index (χ1v) is 9.03. The maximum absolute atomic E-state index is 12.6. The maximum atomic E-state index is 12.6. The molecule has 13 heteroatoms. The normalized spacial score (nSPS) is 15.8. The van der Waals surface area contributed by atoms with E-state index in [0.717, 1.165) is 10.5 Å². The number of hydrogen-bond donors (Lipinski definition) is 1. The molecule has 2 rings (SSSR count). The van der Waals surface area contributed by atoms with E-state index in [4.69, 9.17) is 9.84 Å². The number of rotatable bonds is 6. The minimum Gasteiger partial charge on any atom is -0.482 e. The van der Waals surface area contributed by atoms with Gasteiger partial charge in [0.15, 0.2) is 6.61 Å². The summed E-state index contributed by atoms with van der Waals surface area (Å²) in [7, 11) is 0. The number of alkyl halides is 6. The summed E-state index contributed by atoms with van der Waals surface area (Å²) in [6.07, 6.45) is -17.4. The van der Waals surface area contributed by atoms with Crippen LogP contribution in [0.2, 0.25) is 0 Å². The molecule has 0 atom stereocenters. The molecule has 174 valence electrons. The van der Waals surface area contributed by atoms with Gasteiger partial charge in [0, 0.05) is 38.3 Å². The van der Waals surface area contributed by atoms with Crippen molar-refractivity contribution in [1.82, 2.24) is 9.80 Å². The molecule has 7 nitrogen and oxygen atoms in total. The van der Waals surface area contributed by atoms with Gasteiger partial charge < -0.3 is 19.5 Å². The quantitative estimate of drug-likeness (QED) is 0.660. The first-order valence-electron chi connectivity index (χ1n) is 9.03. The van der Waals surface area contributed by atoms with Gasteiger partial charge in [-0.3, -0.25) is 4.90 Å². The molecule has 1 aliphatic rings. The van der Waals surface area contributed by atoms with Crippen LogP contribution in [-0.4, -0.2) is 78.2 Å². The summed E-state index contributed by atoms with van der Waals surface area (Å²) in [5, 5.41) is 8.77. The van der Waals surface area contributed by atoms with Crippen LogP contribution in [0.5, 0.6) is 5.75 Å². The molecule has 1 saturated heterocycles. The number of hydrogen-bond acceptors (Lipinski definition) is 5. The van der Waals surface area contributed by atoms with Gasteiger partial charge in [0.05, 0.1) is 0 Å². The lowest BCUT2D eigenvalue weighted by atomic mass is 10.1. The van der Waals surface area contributed by atoms with E-state index in [1.807, 2.05) is 0 Å². The van der Waals surface area contributed by atoms with Crippen molar-refractivity contribution in [2.45, 2.75) is 31.9 Å². The second-order valence-corrected chi connectivity index (χ2v) is 6.90. The lowest BCUT2D eigenvalue weighted by molar-refractivity contribution is -0.308. The highest BCUT2D eigenvalue weighted by Gasteiger charge is 2.60. The molecule has 1 amide bonds. The predicted molar refractivity (Wildman–Crippen MR) is 93.5 cm³/mol. The SMILES string of the molecule is Cc1ccc(CN2CCN(C(=O)OC(C(F)(F)F)C(F)(F)F)CC2)c(OCC(=O)O)c1. The molecule has 0 aromatic heterocycles. The number of nitrogens with zero attached hydrogens (tertiary/aromatic N) is 2. The molecule has 31 heavy (non-hydrogen) atoms. The summed E-state index contributed by atoms with van der Waals surface area (Å²) in [6.45, 7) is 1.56. The van der Waals surface area contributed by atoms with Crippen molar-refractivity contribution >= 4 is 12.1 Å². The van der Waals surface area contributed by atoms with Crippen LogP contribution in [0.1, 0.15) is 11.1 Å². The lowest BCUT2D eigenvalue weighted by Gasteiger charge is -2.35. The summed E-state index contributed by atoms with van der Waals surface area (Å²) in [5.74, 6) is -0.807. The Morgan fingerprint density at radius 2 is 1.65 bits per heavy atom. The van der Waals surface area contributed by atoms with Crippen molar-refractivity contribution < 1.29 is 50.5 Å². The van der Waals surface area contributed by atoms with Gasteiger partial charge in [-0.25, -0.2) is 9.59 Å². The summed E-state index contributed by atoms with van der Waals surface area (Å²) < 4.78 is 84.3. The molecule has 0 saturated carbocycles. The summed E-state index contributed by atoms with van der Waals surface area (Å²) in [6, 6.07) is 5.16. The van der Waals surface area contributed by atoms with E-state index < -0.39 is 37.1 Å². The zero-order valence-electron chi connectivity index (χ0n) is 16.3. The summed E-state index contributed by atoms with van der Waals surface area (Å²) in [4.78, 5) is 25.1. The van der Waals surface area contributed by atoms with Crippen molar-refractivity contribution in [3.05, 3.63) is 29.3 Å². The van der Waals surface area contributed by atoms with E-state index in [1.165, 1.54) is 0 Å². The second kappa shape index (κ2) is 9.62. The fourth-order valence-electron chi connectivity index (χ4n) is 2.89. The average Bonchev–Trinajstić information content (AvgIpc) is 2.64. The van der Waals surface area contributed by atoms with E-state index in [2.05, 4.69) is 4.74 Å².